The highest BCUT2D eigenvalue weighted by atomic mass is 32.2. The van der Waals surface area contributed by atoms with Gasteiger partial charge in [-0.1, -0.05) is 23.5 Å². The molecule has 2 aromatic heterocycles. The highest BCUT2D eigenvalue weighted by Gasteiger charge is 2.16. The van der Waals surface area contributed by atoms with Crippen molar-refractivity contribution >= 4 is 48.3 Å². The fourth-order valence-corrected chi connectivity index (χ4v) is 5.15. The van der Waals surface area contributed by atoms with Crippen LogP contribution in [0.15, 0.2) is 56.8 Å². The third-order valence-corrected chi connectivity index (χ3v) is 7.03. The molecule has 168 valence electrons. The van der Waals surface area contributed by atoms with E-state index in [1.54, 1.807) is 30.3 Å². The van der Waals surface area contributed by atoms with Gasteiger partial charge in [0.2, 0.25) is 0 Å². The fourth-order valence-electron chi connectivity index (χ4n) is 3.33. The van der Waals surface area contributed by atoms with E-state index in [-0.39, 0.29) is 10.7 Å². The van der Waals surface area contributed by atoms with Gasteiger partial charge in [0.25, 0.3) is 0 Å². The number of rotatable bonds is 7. The van der Waals surface area contributed by atoms with Crippen molar-refractivity contribution in [2.45, 2.75) is 18.4 Å². The molecule has 0 N–H and O–H groups in total. The summed E-state index contributed by atoms with van der Waals surface area (Å²) in [6, 6.07) is 11.9. The lowest BCUT2D eigenvalue weighted by Gasteiger charge is -2.06. The van der Waals surface area contributed by atoms with Gasteiger partial charge >= 0.3 is 5.91 Å². The second-order valence-electron chi connectivity index (χ2n) is 7.04. The summed E-state index contributed by atoms with van der Waals surface area (Å²) in [6.45, 7) is 3.36. The van der Waals surface area contributed by atoms with E-state index in [2.05, 4.69) is 4.99 Å². The normalized spacial score (nSPS) is 12.7. The van der Waals surface area contributed by atoms with Crippen LogP contribution in [0.2, 0.25) is 0 Å². The fraction of sp³-hybridized carbons (Fsp3) is 0.273. The van der Waals surface area contributed by atoms with E-state index >= 15 is 0 Å². The van der Waals surface area contributed by atoms with Gasteiger partial charge in [-0.2, -0.15) is 4.99 Å². The smallest absolute Gasteiger partial charge is 0.315 e. The molecule has 0 fully saturated rings. The quantitative estimate of drug-likeness (QED) is 0.379. The average molecular weight is 475 g/mol. The van der Waals surface area contributed by atoms with Crippen LogP contribution in [0.1, 0.15) is 17.5 Å². The Hall–Kier alpha value is -2.95. The van der Waals surface area contributed by atoms with Crippen molar-refractivity contribution in [3.8, 4) is 5.75 Å². The average Bonchev–Trinajstić information content (AvgIpc) is 3.34. The van der Waals surface area contributed by atoms with Crippen molar-refractivity contribution in [1.82, 2.24) is 4.57 Å². The molecule has 10 heteroatoms. The van der Waals surface area contributed by atoms with Crippen LogP contribution < -0.4 is 9.54 Å². The molecule has 0 bridgehead atoms. The van der Waals surface area contributed by atoms with Crippen LogP contribution in [0, 0.1) is 0 Å². The Kier molecular flexibility index (Phi) is 6.18. The van der Waals surface area contributed by atoms with E-state index in [4.69, 9.17) is 13.9 Å². The number of hydrogen-bond donors (Lipinski definition) is 0. The second kappa shape index (κ2) is 8.89. The molecule has 32 heavy (non-hydrogen) atoms. The van der Waals surface area contributed by atoms with E-state index in [1.807, 2.05) is 23.6 Å². The third kappa shape index (κ3) is 4.34. The molecule has 0 atom stereocenters. The van der Waals surface area contributed by atoms with Gasteiger partial charge in [0.1, 0.15) is 0 Å². The number of para-hydroxylation sites is 1. The molecular weight excluding hydrogens is 452 g/mol. The number of hydrogen-bond acceptors (Lipinski definition) is 7. The molecule has 1 amide bonds. The molecule has 2 heterocycles. The first-order chi connectivity index (χ1) is 15.3. The summed E-state index contributed by atoms with van der Waals surface area (Å²) in [7, 11) is -1.82. The molecule has 4 aromatic rings. The lowest BCUT2D eigenvalue weighted by molar-refractivity contribution is 0.0972. The number of benzene rings is 2. The Morgan fingerprint density at radius 2 is 2.03 bits per heavy atom. The van der Waals surface area contributed by atoms with Crippen LogP contribution in [0.5, 0.6) is 5.75 Å². The van der Waals surface area contributed by atoms with Crippen molar-refractivity contribution < 1.29 is 27.1 Å². The Morgan fingerprint density at radius 1 is 1.22 bits per heavy atom. The number of nitrogens with zero attached hydrogens (tertiary/aromatic N) is 2. The van der Waals surface area contributed by atoms with Crippen LogP contribution >= 0.6 is 11.3 Å². The number of aromatic nitrogens is 1. The molecule has 0 radical (unpaired) electrons. The topological polar surface area (TPSA) is 100 Å². The summed E-state index contributed by atoms with van der Waals surface area (Å²) in [5.74, 6) is 0.0851. The van der Waals surface area contributed by atoms with E-state index in [0.29, 0.717) is 40.6 Å². The maximum Gasteiger partial charge on any atom is 0.315 e. The summed E-state index contributed by atoms with van der Waals surface area (Å²) in [5.41, 5.74) is 1.26. The van der Waals surface area contributed by atoms with Crippen LogP contribution in [0.4, 0.5) is 0 Å². The molecule has 0 saturated carbocycles. The van der Waals surface area contributed by atoms with Crippen LogP contribution in [0.25, 0.3) is 21.2 Å². The number of amides is 1. The highest BCUT2D eigenvalue weighted by molar-refractivity contribution is 7.90. The second-order valence-corrected chi connectivity index (χ2v) is 10.1. The first kappa shape index (κ1) is 22.3. The molecule has 0 aliphatic heterocycles. The summed E-state index contributed by atoms with van der Waals surface area (Å²) < 4.78 is 43.0. The summed E-state index contributed by atoms with van der Waals surface area (Å²) in [6.07, 6.45) is 1.16. The van der Waals surface area contributed by atoms with E-state index in [1.165, 1.54) is 18.4 Å². The van der Waals surface area contributed by atoms with E-state index < -0.39 is 15.7 Å². The van der Waals surface area contributed by atoms with Crippen LogP contribution in [0.3, 0.4) is 0 Å². The standard InChI is InChI=1S/C22H22N2O6S2/c1-4-29-11-10-24-16-9-8-15(32(3,26)27)13-19(16)31-22(24)23-21(25)18-12-14-6-5-7-17(28-2)20(14)30-18/h5-9,12-13H,4,10-11H2,1-3H3. The van der Waals surface area contributed by atoms with Crippen molar-refractivity contribution in [2.24, 2.45) is 4.99 Å². The maximum absolute atomic E-state index is 12.9. The highest BCUT2D eigenvalue weighted by Crippen LogP contribution is 2.29. The predicted molar refractivity (Wildman–Crippen MR) is 122 cm³/mol. The van der Waals surface area contributed by atoms with Gasteiger partial charge in [-0.05, 0) is 37.3 Å². The zero-order valence-corrected chi connectivity index (χ0v) is 19.5. The van der Waals surface area contributed by atoms with Crippen LogP contribution in [-0.4, -0.2) is 45.5 Å². The zero-order chi connectivity index (χ0) is 22.9. The summed E-state index contributed by atoms with van der Waals surface area (Å²) >= 11 is 1.24. The van der Waals surface area contributed by atoms with Gasteiger partial charge in [-0.15, -0.1) is 0 Å². The molecule has 0 aliphatic carbocycles. The number of carbonyl (C=O) groups is 1. The van der Waals surface area contributed by atoms with Crippen molar-refractivity contribution in [3.63, 3.8) is 0 Å². The largest absolute Gasteiger partial charge is 0.493 e. The third-order valence-electron chi connectivity index (χ3n) is 4.88. The monoisotopic (exact) mass is 474 g/mol. The minimum atomic E-state index is -3.36. The lowest BCUT2D eigenvalue weighted by atomic mass is 10.2. The Balaban J connectivity index is 1.82. The molecule has 8 nitrogen and oxygen atoms in total. The van der Waals surface area contributed by atoms with Crippen molar-refractivity contribution in [2.75, 3.05) is 26.6 Å². The number of furan rings is 1. The van der Waals surface area contributed by atoms with Gasteiger partial charge in [0.05, 0.1) is 28.8 Å². The maximum atomic E-state index is 12.9. The minimum absolute atomic E-state index is 0.0927. The van der Waals surface area contributed by atoms with Crippen molar-refractivity contribution in [1.29, 1.82) is 0 Å². The van der Waals surface area contributed by atoms with Gasteiger partial charge in [-0.3, -0.25) is 4.79 Å². The molecule has 4 rings (SSSR count). The van der Waals surface area contributed by atoms with Gasteiger partial charge in [0, 0.05) is 24.8 Å². The molecule has 0 aliphatic rings. The summed E-state index contributed by atoms with van der Waals surface area (Å²) in [4.78, 5) is 17.9. The summed E-state index contributed by atoms with van der Waals surface area (Å²) in [5, 5.41) is 0.737. The van der Waals surface area contributed by atoms with Gasteiger partial charge < -0.3 is 18.5 Å². The number of sulfone groups is 1. The molecule has 0 saturated heterocycles. The van der Waals surface area contributed by atoms with Gasteiger partial charge in [-0.25, -0.2) is 8.42 Å². The number of methoxy groups -OCH3 is 1. The number of fused-ring (bicyclic) bond motifs is 2. The first-order valence-electron chi connectivity index (χ1n) is 9.88. The van der Waals surface area contributed by atoms with E-state index in [0.717, 1.165) is 17.2 Å². The number of carbonyl (C=O) groups excluding carboxylic acids is 1. The Labute approximate surface area is 188 Å². The molecular formula is C22H22N2O6S2. The van der Waals surface area contributed by atoms with Gasteiger partial charge in [0.15, 0.2) is 31.7 Å². The lowest BCUT2D eigenvalue weighted by Crippen LogP contribution is -2.19. The molecule has 0 spiro atoms. The minimum Gasteiger partial charge on any atom is -0.493 e. The first-order valence-corrected chi connectivity index (χ1v) is 12.6. The van der Waals surface area contributed by atoms with E-state index in [9.17, 15) is 13.2 Å². The molecule has 2 aromatic carbocycles. The SMILES string of the molecule is CCOCCn1c(=NC(=O)c2cc3cccc(OC)c3o2)sc2cc(S(C)(=O)=O)ccc21. The Morgan fingerprint density at radius 3 is 2.75 bits per heavy atom. The number of ether oxygens (including phenoxy) is 2. The van der Waals surface area contributed by atoms with Crippen molar-refractivity contribution in [3.05, 3.63) is 53.0 Å². The number of thiazole rings is 1. The Bertz CT molecular complexity index is 1480. The molecule has 0 unspecified atom stereocenters. The van der Waals surface area contributed by atoms with Crippen LogP contribution in [-0.2, 0) is 21.1 Å². The predicted octanol–water partition coefficient (Wildman–Crippen LogP) is 3.64. The zero-order valence-electron chi connectivity index (χ0n) is 17.8.